The van der Waals surface area contributed by atoms with E-state index in [-0.39, 0.29) is 6.03 Å². The molecule has 1 aromatic rings. The molecular weight excluding hydrogens is 168 g/mol. The van der Waals surface area contributed by atoms with Crippen molar-refractivity contribution in [2.45, 2.75) is 13.3 Å². The van der Waals surface area contributed by atoms with Crippen LogP contribution in [0.4, 0.5) is 10.7 Å². The Bertz CT molecular complexity index is 257. The van der Waals surface area contributed by atoms with Gasteiger partial charge in [0, 0.05) is 19.7 Å². The number of urea groups is 1. The molecule has 0 aliphatic carbocycles. The van der Waals surface area contributed by atoms with Gasteiger partial charge in [-0.25, -0.2) is 4.79 Å². The van der Waals surface area contributed by atoms with Gasteiger partial charge in [-0.15, -0.1) is 0 Å². The lowest BCUT2D eigenvalue weighted by molar-refractivity contribution is 0.222. The van der Waals surface area contributed by atoms with E-state index >= 15 is 0 Å². The van der Waals surface area contributed by atoms with Crippen LogP contribution in [-0.2, 0) is 0 Å². The van der Waals surface area contributed by atoms with Crippen LogP contribution in [0.1, 0.15) is 13.3 Å². The van der Waals surface area contributed by atoms with Crippen molar-refractivity contribution < 1.29 is 9.21 Å². The molecule has 1 aromatic heterocycles. The maximum Gasteiger partial charge on any atom is 0.323 e. The van der Waals surface area contributed by atoms with Crippen LogP contribution in [0.3, 0.4) is 0 Å². The first-order valence-electron chi connectivity index (χ1n) is 4.29. The van der Waals surface area contributed by atoms with Gasteiger partial charge in [-0.05, 0) is 12.5 Å². The summed E-state index contributed by atoms with van der Waals surface area (Å²) in [5.74, 6) is 0.480. The number of carbonyl (C=O) groups is 1. The predicted molar refractivity (Wildman–Crippen MR) is 50.6 cm³/mol. The van der Waals surface area contributed by atoms with E-state index in [2.05, 4.69) is 5.32 Å². The van der Waals surface area contributed by atoms with Crippen LogP contribution < -0.4 is 5.32 Å². The van der Waals surface area contributed by atoms with E-state index in [0.717, 1.165) is 13.0 Å². The first-order chi connectivity index (χ1) is 6.24. The highest BCUT2D eigenvalue weighted by Crippen LogP contribution is 2.07. The Hall–Kier alpha value is -1.45. The van der Waals surface area contributed by atoms with Gasteiger partial charge in [0.2, 0.25) is 5.88 Å². The number of nitrogens with one attached hydrogen (secondary N) is 1. The molecule has 0 atom stereocenters. The highest BCUT2D eigenvalue weighted by molar-refractivity contribution is 5.87. The fraction of sp³-hybridized carbons (Fsp3) is 0.444. The topological polar surface area (TPSA) is 45.5 Å². The van der Waals surface area contributed by atoms with Gasteiger partial charge in [0.15, 0.2) is 0 Å². The second kappa shape index (κ2) is 4.54. The Labute approximate surface area is 77.5 Å². The number of amides is 2. The summed E-state index contributed by atoms with van der Waals surface area (Å²) >= 11 is 0. The van der Waals surface area contributed by atoms with Gasteiger partial charge in [-0.3, -0.25) is 5.32 Å². The number of nitrogens with zero attached hydrogens (tertiary/aromatic N) is 1. The lowest BCUT2D eigenvalue weighted by Crippen LogP contribution is -2.31. The van der Waals surface area contributed by atoms with Gasteiger partial charge in [-0.1, -0.05) is 6.92 Å². The van der Waals surface area contributed by atoms with Crippen molar-refractivity contribution in [3.8, 4) is 0 Å². The van der Waals surface area contributed by atoms with Gasteiger partial charge >= 0.3 is 6.03 Å². The van der Waals surface area contributed by atoms with Crippen molar-refractivity contribution in [2.24, 2.45) is 0 Å². The molecule has 2 amide bonds. The quantitative estimate of drug-likeness (QED) is 0.778. The van der Waals surface area contributed by atoms with E-state index in [1.165, 1.54) is 6.26 Å². The van der Waals surface area contributed by atoms with E-state index in [1.54, 1.807) is 24.1 Å². The molecule has 0 aromatic carbocycles. The zero-order valence-electron chi connectivity index (χ0n) is 7.91. The lowest BCUT2D eigenvalue weighted by Gasteiger charge is -2.15. The molecule has 72 valence electrons. The Kier molecular flexibility index (Phi) is 3.37. The summed E-state index contributed by atoms with van der Waals surface area (Å²) in [6, 6.07) is 3.30. The highest BCUT2D eigenvalue weighted by Gasteiger charge is 2.07. The minimum Gasteiger partial charge on any atom is -0.449 e. The molecule has 0 aliphatic heterocycles. The molecule has 0 radical (unpaired) electrons. The molecule has 0 fully saturated rings. The molecule has 1 rings (SSSR count). The number of hydrogen-bond acceptors (Lipinski definition) is 2. The van der Waals surface area contributed by atoms with Crippen LogP contribution in [0, 0.1) is 0 Å². The fourth-order valence-electron chi connectivity index (χ4n) is 0.987. The maximum atomic E-state index is 11.4. The molecular formula is C9H14N2O2. The molecule has 0 aliphatic rings. The lowest BCUT2D eigenvalue weighted by atomic mass is 10.4. The standard InChI is InChI=1S/C9H14N2O2/c1-3-6-11(2)9(12)10-8-5-4-7-13-8/h4-5,7H,3,6H2,1-2H3,(H,10,12). The second-order valence-electron chi connectivity index (χ2n) is 2.83. The second-order valence-corrected chi connectivity index (χ2v) is 2.83. The molecule has 0 unspecified atom stereocenters. The zero-order valence-corrected chi connectivity index (χ0v) is 7.91. The third-order valence-corrected chi connectivity index (χ3v) is 1.66. The van der Waals surface area contributed by atoms with Crippen molar-refractivity contribution in [2.75, 3.05) is 18.9 Å². The summed E-state index contributed by atoms with van der Waals surface area (Å²) in [5, 5.41) is 2.63. The average Bonchev–Trinajstić information content (AvgIpc) is 2.57. The third-order valence-electron chi connectivity index (χ3n) is 1.66. The van der Waals surface area contributed by atoms with Gasteiger partial charge < -0.3 is 9.32 Å². The molecule has 4 heteroatoms. The van der Waals surface area contributed by atoms with Crippen LogP contribution in [-0.4, -0.2) is 24.5 Å². The van der Waals surface area contributed by atoms with E-state index in [0.29, 0.717) is 5.88 Å². The van der Waals surface area contributed by atoms with Crippen LogP contribution >= 0.6 is 0 Å². The highest BCUT2D eigenvalue weighted by atomic mass is 16.3. The number of carbonyl (C=O) groups excluding carboxylic acids is 1. The summed E-state index contributed by atoms with van der Waals surface area (Å²) in [6.45, 7) is 2.77. The van der Waals surface area contributed by atoms with E-state index in [9.17, 15) is 4.79 Å². The summed E-state index contributed by atoms with van der Waals surface area (Å²) in [5.41, 5.74) is 0. The van der Waals surface area contributed by atoms with Crippen molar-refractivity contribution in [1.29, 1.82) is 0 Å². The Morgan fingerprint density at radius 1 is 1.69 bits per heavy atom. The molecule has 13 heavy (non-hydrogen) atoms. The third kappa shape index (κ3) is 2.82. The van der Waals surface area contributed by atoms with E-state index < -0.39 is 0 Å². The predicted octanol–water partition coefficient (Wildman–Crippen LogP) is 2.15. The molecule has 0 saturated heterocycles. The Morgan fingerprint density at radius 3 is 3.00 bits per heavy atom. The van der Waals surface area contributed by atoms with Gasteiger partial charge in [-0.2, -0.15) is 0 Å². The Balaban J connectivity index is 2.41. The summed E-state index contributed by atoms with van der Waals surface area (Å²) in [4.78, 5) is 13.0. The average molecular weight is 182 g/mol. The zero-order chi connectivity index (χ0) is 9.68. The van der Waals surface area contributed by atoms with Gasteiger partial charge in [0.25, 0.3) is 0 Å². The monoisotopic (exact) mass is 182 g/mol. The van der Waals surface area contributed by atoms with Crippen LogP contribution in [0.2, 0.25) is 0 Å². The SMILES string of the molecule is CCCN(C)C(=O)Nc1ccco1. The smallest absolute Gasteiger partial charge is 0.323 e. The van der Waals surface area contributed by atoms with E-state index in [1.807, 2.05) is 6.92 Å². The Morgan fingerprint density at radius 2 is 2.46 bits per heavy atom. The van der Waals surface area contributed by atoms with Crippen LogP contribution in [0.5, 0.6) is 0 Å². The van der Waals surface area contributed by atoms with E-state index in [4.69, 9.17) is 4.42 Å². The molecule has 4 nitrogen and oxygen atoms in total. The number of rotatable bonds is 3. The van der Waals surface area contributed by atoms with Crippen LogP contribution in [0.25, 0.3) is 0 Å². The molecule has 0 bridgehead atoms. The minimum atomic E-state index is -0.142. The summed E-state index contributed by atoms with van der Waals surface area (Å²) in [6.07, 6.45) is 2.47. The summed E-state index contributed by atoms with van der Waals surface area (Å²) < 4.78 is 4.97. The van der Waals surface area contributed by atoms with Crippen molar-refractivity contribution in [3.05, 3.63) is 18.4 Å². The van der Waals surface area contributed by atoms with Gasteiger partial charge in [0.1, 0.15) is 0 Å². The molecule has 1 heterocycles. The molecule has 1 N–H and O–H groups in total. The fourth-order valence-corrected chi connectivity index (χ4v) is 0.987. The number of hydrogen-bond donors (Lipinski definition) is 1. The first kappa shape index (κ1) is 9.64. The van der Waals surface area contributed by atoms with Gasteiger partial charge in [0.05, 0.1) is 6.26 Å². The summed E-state index contributed by atoms with van der Waals surface area (Å²) in [7, 11) is 1.75. The normalized spacial score (nSPS) is 9.69. The minimum absolute atomic E-state index is 0.142. The van der Waals surface area contributed by atoms with Crippen molar-refractivity contribution in [3.63, 3.8) is 0 Å². The van der Waals surface area contributed by atoms with Crippen LogP contribution in [0.15, 0.2) is 22.8 Å². The number of furan rings is 1. The molecule has 0 saturated carbocycles. The van der Waals surface area contributed by atoms with Crippen molar-refractivity contribution in [1.82, 2.24) is 4.90 Å². The maximum absolute atomic E-state index is 11.4. The largest absolute Gasteiger partial charge is 0.449 e. The van der Waals surface area contributed by atoms with Crippen molar-refractivity contribution >= 4 is 11.9 Å². The molecule has 0 spiro atoms. The number of anilines is 1. The first-order valence-corrected chi connectivity index (χ1v) is 4.29.